The molecule has 22 heavy (non-hydrogen) atoms. The third-order valence-corrected chi connectivity index (χ3v) is 4.32. The molecule has 0 unspecified atom stereocenters. The fourth-order valence-corrected chi connectivity index (χ4v) is 2.16. The first-order valence-electron chi connectivity index (χ1n) is 6.51. The maximum atomic E-state index is 12.8. The Morgan fingerprint density at radius 2 is 1.82 bits per heavy atom. The van der Waals surface area contributed by atoms with Crippen molar-refractivity contribution < 1.29 is 12.8 Å². The van der Waals surface area contributed by atoms with Crippen molar-refractivity contribution in [2.75, 3.05) is 24.1 Å². The molecular formula is C14H17FN4O2S. The van der Waals surface area contributed by atoms with Crippen LogP contribution in [-0.4, -0.2) is 31.8 Å². The Morgan fingerprint density at radius 1 is 1.14 bits per heavy atom. The van der Waals surface area contributed by atoms with E-state index in [4.69, 9.17) is 0 Å². The fraction of sp³-hybridized carbons (Fsp3) is 0.214. The number of hydrogen-bond acceptors (Lipinski definition) is 4. The summed E-state index contributed by atoms with van der Waals surface area (Å²) in [6, 6.07) is 9.45. The zero-order valence-corrected chi connectivity index (χ0v) is 13.1. The molecule has 0 aliphatic heterocycles. The molecule has 0 atom stereocenters. The summed E-state index contributed by atoms with van der Waals surface area (Å²) in [5.74, 6) is -0.0380. The second-order valence-electron chi connectivity index (χ2n) is 4.80. The molecule has 2 rings (SSSR count). The molecule has 1 aromatic carbocycles. The standard InChI is InChI=1S/C14H17FN4O2S/c1-19(2)22(20,21)18-14-8-7-13(10-17-14)16-9-11-3-5-12(15)6-4-11/h3-8,10,16H,9H2,1-2H3,(H,17,18). The van der Waals surface area contributed by atoms with E-state index < -0.39 is 10.2 Å². The van der Waals surface area contributed by atoms with Crippen LogP contribution in [0.5, 0.6) is 0 Å². The summed E-state index contributed by atoms with van der Waals surface area (Å²) >= 11 is 0. The second kappa shape index (κ2) is 6.71. The third kappa shape index (κ3) is 4.40. The molecule has 0 aliphatic carbocycles. The van der Waals surface area contributed by atoms with Gasteiger partial charge in [0.05, 0.1) is 11.9 Å². The van der Waals surface area contributed by atoms with Gasteiger partial charge >= 0.3 is 10.2 Å². The minimum atomic E-state index is -3.56. The number of aromatic nitrogens is 1. The number of halogens is 1. The van der Waals surface area contributed by atoms with Gasteiger partial charge in [-0.1, -0.05) is 12.1 Å². The molecule has 0 amide bonds. The lowest BCUT2D eigenvalue weighted by atomic mass is 10.2. The lowest BCUT2D eigenvalue weighted by Crippen LogP contribution is -2.29. The summed E-state index contributed by atoms with van der Waals surface area (Å²) in [4.78, 5) is 4.03. The highest BCUT2D eigenvalue weighted by Gasteiger charge is 2.13. The van der Waals surface area contributed by atoms with Crippen molar-refractivity contribution in [2.24, 2.45) is 0 Å². The van der Waals surface area contributed by atoms with Crippen LogP contribution in [0.2, 0.25) is 0 Å². The molecule has 0 bridgehead atoms. The Kier molecular flexibility index (Phi) is 4.94. The van der Waals surface area contributed by atoms with Crippen LogP contribution < -0.4 is 10.0 Å². The van der Waals surface area contributed by atoms with E-state index in [-0.39, 0.29) is 11.6 Å². The normalized spacial score (nSPS) is 11.5. The van der Waals surface area contributed by atoms with Crippen LogP contribution in [0.15, 0.2) is 42.6 Å². The van der Waals surface area contributed by atoms with Gasteiger partial charge in [-0.3, -0.25) is 4.72 Å². The summed E-state index contributed by atoms with van der Waals surface area (Å²) in [5.41, 5.74) is 1.66. The first-order valence-corrected chi connectivity index (χ1v) is 7.95. The molecule has 1 heterocycles. The smallest absolute Gasteiger partial charge is 0.302 e. The second-order valence-corrected chi connectivity index (χ2v) is 6.69. The van der Waals surface area contributed by atoms with Crippen LogP contribution in [0.4, 0.5) is 15.9 Å². The molecule has 8 heteroatoms. The van der Waals surface area contributed by atoms with Gasteiger partial charge in [0.1, 0.15) is 11.6 Å². The van der Waals surface area contributed by atoms with Crippen molar-refractivity contribution >= 4 is 21.7 Å². The Morgan fingerprint density at radius 3 is 2.36 bits per heavy atom. The van der Waals surface area contributed by atoms with Crippen LogP contribution >= 0.6 is 0 Å². The molecule has 0 fully saturated rings. The summed E-state index contributed by atoms with van der Waals surface area (Å²) in [5, 5.41) is 3.12. The van der Waals surface area contributed by atoms with Gasteiger partial charge in [-0.25, -0.2) is 9.37 Å². The third-order valence-electron chi connectivity index (χ3n) is 2.89. The molecule has 2 N–H and O–H groups in total. The Bertz CT molecular complexity index is 716. The van der Waals surface area contributed by atoms with Gasteiger partial charge < -0.3 is 5.32 Å². The minimum Gasteiger partial charge on any atom is -0.380 e. The molecule has 0 aliphatic rings. The van der Waals surface area contributed by atoms with Crippen molar-refractivity contribution in [3.05, 3.63) is 54.0 Å². The number of rotatable bonds is 6. The first-order chi connectivity index (χ1) is 10.4. The highest BCUT2D eigenvalue weighted by Crippen LogP contribution is 2.13. The van der Waals surface area contributed by atoms with Crippen LogP contribution in [0, 0.1) is 5.82 Å². The van der Waals surface area contributed by atoms with E-state index in [1.54, 1.807) is 24.3 Å². The predicted molar refractivity (Wildman–Crippen MR) is 84.2 cm³/mol. The monoisotopic (exact) mass is 324 g/mol. The maximum absolute atomic E-state index is 12.8. The molecule has 6 nitrogen and oxygen atoms in total. The Balaban J connectivity index is 1.96. The molecule has 1 aromatic heterocycles. The molecule has 118 valence electrons. The van der Waals surface area contributed by atoms with Gasteiger partial charge in [0.25, 0.3) is 0 Å². The Hall–Kier alpha value is -2.19. The Labute approximate surface area is 129 Å². The first kappa shape index (κ1) is 16.2. The zero-order valence-electron chi connectivity index (χ0n) is 12.2. The van der Waals surface area contributed by atoms with Gasteiger partial charge in [-0.2, -0.15) is 12.7 Å². The molecule has 0 saturated carbocycles. The van der Waals surface area contributed by atoms with E-state index in [1.807, 2.05) is 0 Å². The summed E-state index contributed by atoms with van der Waals surface area (Å²) < 4.78 is 39.5. The number of hydrogen-bond donors (Lipinski definition) is 2. The molecule has 0 radical (unpaired) electrons. The highest BCUT2D eigenvalue weighted by atomic mass is 32.2. The van der Waals surface area contributed by atoms with Gasteiger partial charge in [0.15, 0.2) is 0 Å². The quantitative estimate of drug-likeness (QED) is 0.853. The van der Waals surface area contributed by atoms with Crippen molar-refractivity contribution in [1.29, 1.82) is 0 Å². The summed E-state index contributed by atoms with van der Waals surface area (Å²) in [7, 11) is -0.696. The van der Waals surface area contributed by atoms with E-state index >= 15 is 0 Å². The van der Waals surface area contributed by atoms with Crippen molar-refractivity contribution in [3.63, 3.8) is 0 Å². The van der Waals surface area contributed by atoms with Gasteiger partial charge in [-0.05, 0) is 29.8 Å². The average Bonchev–Trinajstić information content (AvgIpc) is 2.48. The van der Waals surface area contributed by atoms with Crippen LogP contribution in [-0.2, 0) is 16.8 Å². The lowest BCUT2D eigenvalue weighted by molar-refractivity contribution is 0.526. The fourth-order valence-electron chi connectivity index (χ4n) is 1.59. The lowest BCUT2D eigenvalue weighted by Gasteiger charge is -2.13. The number of benzene rings is 1. The predicted octanol–water partition coefficient (Wildman–Crippen LogP) is 2.05. The van der Waals surface area contributed by atoms with E-state index in [2.05, 4.69) is 15.0 Å². The summed E-state index contributed by atoms with van der Waals surface area (Å²) in [6.07, 6.45) is 1.52. The maximum Gasteiger partial charge on any atom is 0.302 e. The highest BCUT2D eigenvalue weighted by molar-refractivity contribution is 7.90. The van der Waals surface area contributed by atoms with Gasteiger partial charge in [0.2, 0.25) is 0 Å². The van der Waals surface area contributed by atoms with Crippen molar-refractivity contribution in [2.45, 2.75) is 6.54 Å². The van der Waals surface area contributed by atoms with Crippen LogP contribution in [0.1, 0.15) is 5.56 Å². The average molecular weight is 324 g/mol. The molecule has 2 aromatic rings. The SMILES string of the molecule is CN(C)S(=O)(=O)Nc1ccc(NCc2ccc(F)cc2)cn1. The van der Waals surface area contributed by atoms with Crippen molar-refractivity contribution in [3.8, 4) is 0 Å². The number of anilines is 2. The molecular weight excluding hydrogens is 307 g/mol. The van der Waals surface area contributed by atoms with E-state index in [0.29, 0.717) is 6.54 Å². The van der Waals surface area contributed by atoms with E-state index in [1.165, 1.54) is 32.4 Å². The summed E-state index contributed by atoms with van der Waals surface area (Å²) in [6.45, 7) is 0.519. The minimum absolute atomic E-state index is 0.237. The largest absolute Gasteiger partial charge is 0.380 e. The molecule has 0 spiro atoms. The number of pyridine rings is 1. The van der Waals surface area contributed by atoms with Gasteiger partial charge in [-0.15, -0.1) is 0 Å². The van der Waals surface area contributed by atoms with E-state index in [9.17, 15) is 12.8 Å². The molecule has 0 saturated heterocycles. The number of nitrogens with one attached hydrogen (secondary N) is 2. The topological polar surface area (TPSA) is 74.3 Å². The number of nitrogens with zero attached hydrogens (tertiary/aromatic N) is 2. The van der Waals surface area contributed by atoms with Gasteiger partial charge in [0, 0.05) is 20.6 Å². The zero-order chi connectivity index (χ0) is 16.2. The van der Waals surface area contributed by atoms with E-state index in [0.717, 1.165) is 15.6 Å². The van der Waals surface area contributed by atoms with Crippen LogP contribution in [0.25, 0.3) is 0 Å². The van der Waals surface area contributed by atoms with Crippen molar-refractivity contribution in [1.82, 2.24) is 9.29 Å². The van der Waals surface area contributed by atoms with Crippen LogP contribution in [0.3, 0.4) is 0 Å².